The van der Waals surface area contributed by atoms with Gasteiger partial charge in [-0.2, -0.15) is 0 Å². The smallest absolute Gasteiger partial charge is 0.251 e. The molecule has 116 valence electrons. The third kappa shape index (κ3) is 5.55. The van der Waals surface area contributed by atoms with Crippen LogP contribution in [0.3, 0.4) is 0 Å². The van der Waals surface area contributed by atoms with Gasteiger partial charge in [0.25, 0.3) is 5.91 Å². The maximum absolute atomic E-state index is 12.0. The van der Waals surface area contributed by atoms with Crippen molar-refractivity contribution in [3.8, 4) is 0 Å². The number of carbonyl (C=O) groups excluding carboxylic acids is 2. The Kier molecular flexibility index (Phi) is 6.88. The summed E-state index contributed by atoms with van der Waals surface area (Å²) in [5.41, 5.74) is 1.15. The molecule has 0 aliphatic heterocycles. The Hall–Kier alpha value is -1.88. The fourth-order valence-corrected chi connectivity index (χ4v) is 2.21. The minimum absolute atomic E-state index is 0.152. The van der Waals surface area contributed by atoms with Crippen molar-refractivity contribution in [2.45, 2.75) is 39.7 Å². The van der Waals surface area contributed by atoms with Crippen LogP contribution in [0.1, 0.15) is 44.0 Å². The molecule has 1 unspecified atom stereocenters. The van der Waals surface area contributed by atoms with E-state index in [4.69, 9.17) is 0 Å². The summed E-state index contributed by atoms with van der Waals surface area (Å²) >= 11 is 0. The highest BCUT2D eigenvalue weighted by atomic mass is 16.3. The number of nitrogens with one attached hydrogen (secondary N) is 2. The second kappa shape index (κ2) is 8.42. The zero-order valence-electron chi connectivity index (χ0n) is 12.8. The van der Waals surface area contributed by atoms with Gasteiger partial charge in [0.15, 0.2) is 0 Å². The first kappa shape index (κ1) is 17.2. The average Bonchev–Trinajstić information content (AvgIpc) is 2.46. The summed E-state index contributed by atoms with van der Waals surface area (Å²) < 4.78 is 0. The molecule has 1 aromatic carbocycles. The van der Waals surface area contributed by atoms with Crippen molar-refractivity contribution in [3.63, 3.8) is 0 Å². The van der Waals surface area contributed by atoms with Crippen LogP contribution < -0.4 is 10.6 Å². The molecule has 0 heterocycles. The molecule has 0 saturated carbocycles. The zero-order valence-corrected chi connectivity index (χ0v) is 12.8. The van der Waals surface area contributed by atoms with E-state index in [2.05, 4.69) is 10.6 Å². The zero-order chi connectivity index (χ0) is 15.8. The highest BCUT2D eigenvalue weighted by molar-refractivity contribution is 5.95. The number of aliphatic hydroxyl groups excluding tert-OH is 1. The van der Waals surface area contributed by atoms with Gasteiger partial charge >= 0.3 is 0 Å². The summed E-state index contributed by atoms with van der Waals surface area (Å²) in [6.07, 6.45) is 1.25. The lowest BCUT2D eigenvalue weighted by atomic mass is 9.96. The Morgan fingerprint density at radius 3 is 2.19 bits per heavy atom. The van der Waals surface area contributed by atoms with Crippen molar-refractivity contribution < 1.29 is 14.7 Å². The molecule has 1 rings (SSSR count). The van der Waals surface area contributed by atoms with E-state index < -0.39 is 6.10 Å². The average molecular weight is 292 g/mol. The van der Waals surface area contributed by atoms with Gasteiger partial charge < -0.3 is 15.7 Å². The molecule has 0 saturated heterocycles. The Labute approximate surface area is 125 Å². The highest BCUT2D eigenvalue weighted by Crippen LogP contribution is 2.13. The van der Waals surface area contributed by atoms with E-state index in [-0.39, 0.29) is 24.3 Å². The molecule has 5 nitrogen and oxygen atoms in total. The lowest BCUT2D eigenvalue weighted by Crippen LogP contribution is -2.36. The molecule has 0 aliphatic carbocycles. The Bertz CT molecular complexity index is 467. The predicted octanol–water partition coefficient (Wildman–Crippen LogP) is 2.17. The standard InChI is InChI=1S/C16H24N2O3/c1-4-12(5-2)15(20)10-17-16(21)13-6-8-14(9-7-13)18-11(3)19/h6-9,12,15,20H,4-5,10H2,1-3H3,(H,17,21)(H,18,19). The van der Waals surface area contributed by atoms with Crippen LogP contribution in [0.4, 0.5) is 5.69 Å². The second-order valence-electron chi connectivity index (χ2n) is 5.11. The number of rotatable bonds is 7. The normalized spacial score (nSPS) is 12.0. The number of hydrogen-bond acceptors (Lipinski definition) is 3. The van der Waals surface area contributed by atoms with Crippen molar-refractivity contribution in [2.24, 2.45) is 5.92 Å². The van der Waals surface area contributed by atoms with E-state index in [9.17, 15) is 14.7 Å². The maximum Gasteiger partial charge on any atom is 0.251 e. The molecule has 0 radical (unpaired) electrons. The van der Waals surface area contributed by atoms with E-state index in [1.165, 1.54) is 6.92 Å². The van der Waals surface area contributed by atoms with Gasteiger partial charge in [0.1, 0.15) is 0 Å². The quantitative estimate of drug-likeness (QED) is 0.720. The van der Waals surface area contributed by atoms with Gasteiger partial charge in [0, 0.05) is 24.7 Å². The van der Waals surface area contributed by atoms with Crippen molar-refractivity contribution in [1.82, 2.24) is 5.32 Å². The molecule has 5 heteroatoms. The largest absolute Gasteiger partial charge is 0.391 e. The molecular formula is C16H24N2O3. The van der Waals surface area contributed by atoms with Crippen molar-refractivity contribution >= 4 is 17.5 Å². The summed E-state index contributed by atoms with van der Waals surface area (Å²) in [6, 6.07) is 6.63. The van der Waals surface area contributed by atoms with Crippen LogP contribution in [-0.4, -0.2) is 29.6 Å². The van der Waals surface area contributed by atoms with Gasteiger partial charge in [-0.25, -0.2) is 0 Å². The minimum Gasteiger partial charge on any atom is -0.391 e. The molecule has 1 aromatic rings. The first-order valence-corrected chi connectivity index (χ1v) is 7.31. The number of hydrogen-bond donors (Lipinski definition) is 3. The molecule has 0 spiro atoms. The molecule has 0 fully saturated rings. The summed E-state index contributed by atoms with van der Waals surface area (Å²) in [4.78, 5) is 22.9. The summed E-state index contributed by atoms with van der Waals surface area (Å²) in [5.74, 6) is -0.178. The Morgan fingerprint density at radius 2 is 1.71 bits per heavy atom. The van der Waals surface area contributed by atoms with E-state index in [0.29, 0.717) is 11.3 Å². The van der Waals surface area contributed by atoms with E-state index in [1.807, 2.05) is 13.8 Å². The lowest BCUT2D eigenvalue weighted by Gasteiger charge is -2.20. The summed E-state index contributed by atoms with van der Waals surface area (Å²) in [5, 5.41) is 15.4. The Balaban J connectivity index is 2.54. The van der Waals surface area contributed by atoms with Gasteiger partial charge in [-0.15, -0.1) is 0 Å². The molecular weight excluding hydrogens is 268 g/mol. The van der Waals surface area contributed by atoms with Crippen molar-refractivity contribution in [3.05, 3.63) is 29.8 Å². The molecule has 21 heavy (non-hydrogen) atoms. The van der Waals surface area contributed by atoms with E-state index in [1.54, 1.807) is 24.3 Å². The highest BCUT2D eigenvalue weighted by Gasteiger charge is 2.16. The van der Waals surface area contributed by atoms with Crippen LogP contribution in [0, 0.1) is 5.92 Å². The molecule has 3 N–H and O–H groups in total. The number of anilines is 1. The number of benzene rings is 1. The van der Waals surface area contributed by atoms with Gasteiger partial charge in [-0.05, 0) is 30.2 Å². The van der Waals surface area contributed by atoms with Crippen LogP contribution in [-0.2, 0) is 4.79 Å². The first-order valence-electron chi connectivity index (χ1n) is 7.31. The molecule has 0 bridgehead atoms. The van der Waals surface area contributed by atoms with Gasteiger partial charge in [-0.1, -0.05) is 26.7 Å². The maximum atomic E-state index is 12.0. The fourth-order valence-electron chi connectivity index (χ4n) is 2.21. The fraction of sp³-hybridized carbons (Fsp3) is 0.500. The summed E-state index contributed by atoms with van der Waals surface area (Å²) in [6.45, 7) is 5.73. The predicted molar refractivity (Wildman–Crippen MR) is 83.2 cm³/mol. The molecule has 0 aromatic heterocycles. The van der Waals surface area contributed by atoms with E-state index in [0.717, 1.165) is 12.8 Å². The lowest BCUT2D eigenvalue weighted by molar-refractivity contribution is -0.114. The van der Waals surface area contributed by atoms with Crippen LogP contribution in [0.5, 0.6) is 0 Å². The van der Waals surface area contributed by atoms with Crippen LogP contribution in [0.15, 0.2) is 24.3 Å². The van der Waals surface area contributed by atoms with Gasteiger partial charge in [-0.3, -0.25) is 9.59 Å². The SMILES string of the molecule is CCC(CC)C(O)CNC(=O)c1ccc(NC(C)=O)cc1. The Morgan fingerprint density at radius 1 is 1.14 bits per heavy atom. The van der Waals surface area contributed by atoms with E-state index >= 15 is 0 Å². The van der Waals surface area contributed by atoms with Crippen molar-refractivity contribution in [2.75, 3.05) is 11.9 Å². The third-order valence-corrected chi connectivity index (χ3v) is 3.53. The van der Waals surface area contributed by atoms with Crippen molar-refractivity contribution in [1.29, 1.82) is 0 Å². The molecule has 0 aliphatic rings. The first-order chi connectivity index (χ1) is 9.97. The van der Waals surface area contributed by atoms with Crippen LogP contribution in [0.2, 0.25) is 0 Å². The molecule has 1 atom stereocenters. The topological polar surface area (TPSA) is 78.4 Å². The van der Waals surface area contributed by atoms with Gasteiger partial charge in [0.05, 0.1) is 6.10 Å². The van der Waals surface area contributed by atoms with Crippen LogP contribution in [0.25, 0.3) is 0 Å². The second-order valence-corrected chi connectivity index (χ2v) is 5.11. The third-order valence-electron chi connectivity index (χ3n) is 3.53. The number of carbonyl (C=O) groups is 2. The van der Waals surface area contributed by atoms with Crippen LogP contribution >= 0.6 is 0 Å². The summed E-state index contributed by atoms with van der Waals surface area (Å²) in [7, 11) is 0. The molecule has 2 amide bonds. The number of amides is 2. The minimum atomic E-state index is -0.525. The van der Waals surface area contributed by atoms with Gasteiger partial charge in [0.2, 0.25) is 5.91 Å². The number of aliphatic hydroxyl groups is 1. The monoisotopic (exact) mass is 292 g/mol.